The SMILES string of the molecule is C1CCNCC1.C1CCNCC1.CCCCCCCC/C=C/CCCCCCCCN(CCOCCOCCN(CCCCCCCC/C=C/CCCCCCCC)CC(C)CC)CC(C)CC. The van der Waals surface area contributed by atoms with Crippen LogP contribution in [-0.4, -0.2) is 102 Å². The molecule has 6 heteroatoms. The zero-order valence-corrected chi connectivity index (χ0v) is 47.5. The maximum absolute atomic E-state index is 6.08. The zero-order chi connectivity index (χ0) is 49.3. The molecule has 0 bridgehead atoms. The van der Waals surface area contributed by atoms with Gasteiger partial charge >= 0.3 is 0 Å². The van der Waals surface area contributed by atoms with E-state index in [4.69, 9.17) is 9.47 Å². The topological polar surface area (TPSA) is 49.0 Å². The summed E-state index contributed by atoms with van der Waals surface area (Å²) in [7, 11) is 0. The number of unbranched alkanes of at least 4 members (excludes halogenated alkanes) is 24. The molecule has 406 valence electrons. The summed E-state index contributed by atoms with van der Waals surface area (Å²) >= 11 is 0. The standard InChI is InChI=1S/C52H104N2O2.2C5H11N/c1-7-11-13-15-17-19-21-23-25-27-29-31-33-35-37-39-41-53(49-51(5)9-3)43-45-55-47-48-56-46-44-54(50-52(6)10-4)42-40-38-36-34-32-30-28-26-24-22-20-18-16-14-12-8-2;2*1-2-4-6-5-3-1/h23-26,51-52H,7-22,27-50H2,1-6H3;2*6H,1-5H2/b25-23+,26-24+;;. The van der Waals surface area contributed by atoms with Crippen molar-refractivity contribution in [2.75, 3.05) is 91.9 Å². The Morgan fingerprint density at radius 2 is 0.647 bits per heavy atom. The summed E-state index contributed by atoms with van der Waals surface area (Å²) in [5.41, 5.74) is 0. The van der Waals surface area contributed by atoms with E-state index < -0.39 is 0 Å². The molecule has 2 fully saturated rings. The largest absolute Gasteiger partial charge is 0.378 e. The molecule has 2 rings (SSSR count). The first-order valence-electron chi connectivity index (χ1n) is 30.9. The number of piperidine rings is 2. The molecular formula is C62H126N4O2. The van der Waals surface area contributed by atoms with Gasteiger partial charge in [-0.2, -0.15) is 0 Å². The van der Waals surface area contributed by atoms with E-state index in [2.05, 4.69) is 86.3 Å². The summed E-state index contributed by atoms with van der Waals surface area (Å²) in [5, 5.41) is 6.57. The van der Waals surface area contributed by atoms with Gasteiger partial charge in [-0.05, 0) is 141 Å². The Labute approximate surface area is 428 Å². The van der Waals surface area contributed by atoms with Gasteiger partial charge in [0.15, 0.2) is 0 Å². The van der Waals surface area contributed by atoms with Gasteiger partial charge < -0.3 is 29.9 Å². The van der Waals surface area contributed by atoms with Crippen LogP contribution in [0.25, 0.3) is 0 Å². The van der Waals surface area contributed by atoms with Gasteiger partial charge in [0.1, 0.15) is 0 Å². The molecule has 6 nitrogen and oxygen atoms in total. The van der Waals surface area contributed by atoms with Gasteiger partial charge in [0.05, 0.1) is 26.4 Å². The molecule has 2 N–H and O–H groups in total. The minimum atomic E-state index is 0.714. The van der Waals surface area contributed by atoms with Crippen LogP contribution in [-0.2, 0) is 9.47 Å². The van der Waals surface area contributed by atoms with E-state index in [9.17, 15) is 0 Å². The van der Waals surface area contributed by atoms with E-state index in [1.807, 2.05) is 0 Å². The molecular weight excluding hydrogens is 833 g/mol. The third-order valence-corrected chi connectivity index (χ3v) is 14.4. The Bertz CT molecular complexity index is 869. The molecule has 0 spiro atoms. The van der Waals surface area contributed by atoms with Crippen LogP contribution in [0.15, 0.2) is 24.3 Å². The van der Waals surface area contributed by atoms with Crippen LogP contribution < -0.4 is 10.6 Å². The second kappa shape index (κ2) is 58.8. The van der Waals surface area contributed by atoms with Crippen molar-refractivity contribution in [2.45, 2.75) is 273 Å². The molecule has 0 aromatic heterocycles. The first-order chi connectivity index (χ1) is 33.6. The van der Waals surface area contributed by atoms with Gasteiger partial charge in [0, 0.05) is 26.2 Å². The van der Waals surface area contributed by atoms with E-state index in [1.54, 1.807) is 0 Å². The van der Waals surface area contributed by atoms with Crippen LogP contribution in [0.2, 0.25) is 0 Å². The van der Waals surface area contributed by atoms with Gasteiger partial charge in [0.2, 0.25) is 0 Å². The molecule has 0 aliphatic carbocycles. The summed E-state index contributed by atoms with van der Waals surface area (Å²) in [6.45, 7) is 29.0. The monoisotopic (exact) mass is 959 g/mol. The van der Waals surface area contributed by atoms with Crippen LogP contribution in [0.4, 0.5) is 0 Å². The summed E-state index contributed by atoms with van der Waals surface area (Å²) in [4.78, 5) is 5.32. The number of hydrogen-bond acceptors (Lipinski definition) is 6. The van der Waals surface area contributed by atoms with E-state index >= 15 is 0 Å². The van der Waals surface area contributed by atoms with Gasteiger partial charge in [0.25, 0.3) is 0 Å². The second-order valence-electron chi connectivity index (χ2n) is 21.3. The molecule has 0 aromatic rings. The van der Waals surface area contributed by atoms with Crippen LogP contribution in [0.5, 0.6) is 0 Å². The van der Waals surface area contributed by atoms with Crippen LogP contribution in [0, 0.1) is 11.8 Å². The highest BCUT2D eigenvalue weighted by Gasteiger charge is 2.11. The summed E-state index contributed by atoms with van der Waals surface area (Å²) in [6, 6.07) is 0. The average Bonchev–Trinajstić information content (AvgIpc) is 3.37. The maximum atomic E-state index is 6.08. The second-order valence-corrected chi connectivity index (χ2v) is 21.3. The number of hydrogen-bond donors (Lipinski definition) is 2. The quantitative estimate of drug-likeness (QED) is 0.0468. The summed E-state index contributed by atoms with van der Waals surface area (Å²) in [6.07, 6.45) is 59.1. The molecule has 0 radical (unpaired) electrons. The fourth-order valence-electron chi connectivity index (χ4n) is 9.21. The third kappa shape index (κ3) is 54.6. The lowest BCUT2D eigenvalue weighted by Crippen LogP contribution is -2.33. The van der Waals surface area contributed by atoms with E-state index in [0.29, 0.717) is 13.2 Å². The fraction of sp³-hybridized carbons (Fsp3) is 0.935. The van der Waals surface area contributed by atoms with E-state index in [0.717, 1.165) is 38.1 Å². The maximum Gasteiger partial charge on any atom is 0.0701 e. The van der Waals surface area contributed by atoms with Gasteiger partial charge in [-0.25, -0.2) is 0 Å². The van der Waals surface area contributed by atoms with Crippen molar-refractivity contribution in [1.29, 1.82) is 0 Å². The molecule has 2 unspecified atom stereocenters. The first kappa shape index (κ1) is 67.2. The van der Waals surface area contributed by atoms with Crippen LogP contribution >= 0.6 is 0 Å². The smallest absolute Gasteiger partial charge is 0.0701 e. The Hall–Kier alpha value is -0.760. The predicted octanol–water partition coefficient (Wildman–Crippen LogP) is 17.3. The zero-order valence-electron chi connectivity index (χ0n) is 47.5. The normalized spacial score (nSPS) is 15.2. The molecule has 0 saturated carbocycles. The highest BCUT2D eigenvalue weighted by Crippen LogP contribution is 2.14. The van der Waals surface area contributed by atoms with Crippen molar-refractivity contribution in [1.82, 2.24) is 20.4 Å². The molecule has 68 heavy (non-hydrogen) atoms. The number of nitrogens with one attached hydrogen (secondary N) is 2. The van der Waals surface area contributed by atoms with Crippen LogP contribution in [0.3, 0.4) is 0 Å². The van der Waals surface area contributed by atoms with Crippen molar-refractivity contribution in [3.8, 4) is 0 Å². The molecule has 0 amide bonds. The Morgan fingerprint density at radius 3 is 0.912 bits per heavy atom. The highest BCUT2D eigenvalue weighted by atomic mass is 16.5. The summed E-state index contributed by atoms with van der Waals surface area (Å²) < 4.78 is 12.2. The van der Waals surface area contributed by atoms with E-state index in [-0.39, 0.29) is 0 Å². The summed E-state index contributed by atoms with van der Waals surface area (Å²) in [5.74, 6) is 1.50. The number of ether oxygens (including phenoxy) is 2. The molecule has 2 aliphatic rings. The molecule has 0 aromatic carbocycles. The number of rotatable bonds is 47. The van der Waals surface area contributed by atoms with Crippen molar-refractivity contribution in [2.24, 2.45) is 11.8 Å². The van der Waals surface area contributed by atoms with Crippen molar-refractivity contribution < 1.29 is 9.47 Å². The van der Waals surface area contributed by atoms with Gasteiger partial charge in [-0.3, -0.25) is 0 Å². The lowest BCUT2D eigenvalue weighted by atomic mass is 10.1. The Kier molecular flexibility index (Phi) is 58.2. The van der Waals surface area contributed by atoms with Crippen molar-refractivity contribution in [3.63, 3.8) is 0 Å². The lowest BCUT2D eigenvalue weighted by molar-refractivity contribution is 0.0285. The van der Waals surface area contributed by atoms with Crippen molar-refractivity contribution in [3.05, 3.63) is 24.3 Å². The molecule has 2 heterocycles. The fourth-order valence-corrected chi connectivity index (χ4v) is 9.21. The Morgan fingerprint density at radius 1 is 0.353 bits per heavy atom. The average molecular weight is 960 g/mol. The molecule has 2 atom stereocenters. The third-order valence-electron chi connectivity index (χ3n) is 14.4. The highest BCUT2D eigenvalue weighted by molar-refractivity contribution is 4.82. The number of nitrogens with zero attached hydrogens (tertiary/aromatic N) is 2. The molecule has 2 aliphatic heterocycles. The number of allylic oxidation sites excluding steroid dienone is 4. The predicted molar refractivity (Wildman–Crippen MR) is 306 cm³/mol. The van der Waals surface area contributed by atoms with Gasteiger partial charge in [-0.1, -0.05) is 207 Å². The Balaban J connectivity index is 0.00000320. The molecule has 2 saturated heterocycles. The minimum Gasteiger partial charge on any atom is -0.378 e. The van der Waals surface area contributed by atoms with E-state index in [1.165, 1.54) is 284 Å². The lowest BCUT2D eigenvalue weighted by Gasteiger charge is -2.25. The first-order valence-corrected chi connectivity index (χ1v) is 30.9. The van der Waals surface area contributed by atoms with Crippen LogP contribution in [0.1, 0.15) is 273 Å². The minimum absolute atomic E-state index is 0.714. The van der Waals surface area contributed by atoms with Crippen molar-refractivity contribution >= 4 is 0 Å². The van der Waals surface area contributed by atoms with Gasteiger partial charge in [-0.15, -0.1) is 0 Å².